The van der Waals surface area contributed by atoms with E-state index in [2.05, 4.69) is 5.32 Å². The van der Waals surface area contributed by atoms with E-state index in [4.69, 9.17) is 0 Å². The van der Waals surface area contributed by atoms with Crippen molar-refractivity contribution in [1.82, 2.24) is 5.32 Å². The van der Waals surface area contributed by atoms with Crippen LogP contribution >= 0.6 is 17.0 Å². The lowest BCUT2D eigenvalue weighted by Crippen LogP contribution is -2.42. The summed E-state index contributed by atoms with van der Waals surface area (Å²) in [5, 5.41) is 22.9. The van der Waals surface area contributed by atoms with E-state index < -0.39 is 0 Å². The first-order valence-corrected chi connectivity index (χ1v) is 6.04. The van der Waals surface area contributed by atoms with Gasteiger partial charge in [-0.2, -0.15) is 0 Å². The Hall–Kier alpha value is -0.740. The molecule has 17 heavy (non-hydrogen) atoms. The molecular formula is C13H18BrNO2. The van der Waals surface area contributed by atoms with Crippen LogP contribution < -0.4 is 5.32 Å². The smallest absolute Gasteiger partial charge is 0.160 e. The molecule has 3 rings (SSSR count). The van der Waals surface area contributed by atoms with Gasteiger partial charge in [0.05, 0.1) is 0 Å². The Morgan fingerprint density at radius 2 is 2.00 bits per heavy atom. The van der Waals surface area contributed by atoms with Gasteiger partial charge in [-0.1, -0.05) is 6.07 Å². The molecule has 0 aromatic heterocycles. The largest absolute Gasteiger partial charge is 0.504 e. The molecule has 1 aliphatic heterocycles. The van der Waals surface area contributed by atoms with Gasteiger partial charge < -0.3 is 15.5 Å². The molecule has 1 heterocycles. The van der Waals surface area contributed by atoms with Gasteiger partial charge in [-0.3, -0.25) is 0 Å². The van der Waals surface area contributed by atoms with Crippen molar-refractivity contribution in [3.8, 4) is 11.5 Å². The monoisotopic (exact) mass is 299 g/mol. The fourth-order valence-electron chi connectivity index (χ4n) is 3.18. The van der Waals surface area contributed by atoms with E-state index >= 15 is 0 Å². The maximum atomic E-state index is 9.86. The van der Waals surface area contributed by atoms with Crippen LogP contribution in [-0.4, -0.2) is 22.8 Å². The molecule has 0 radical (unpaired) electrons. The van der Waals surface area contributed by atoms with Gasteiger partial charge in [-0.05, 0) is 49.8 Å². The van der Waals surface area contributed by atoms with Crippen molar-refractivity contribution in [2.24, 2.45) is 0 Å². The number of benzene rings is 1. The maximum Gasteiger partial charge on any atom is 0.160 e. The molecule has 1 saturated heterocycles. The predicted molar refractivity (Wildman–Crippen MR) is 72.2 cm³/mol. The third kappa shape index (κ3) is 2.04. The summed E-state index contributed by atoms with van der Waals surface area (Å²) in [6, 6.07) is 4.16. The third-order valence-corrected chi connectivity index (χ3v) is 3.99. The number of phenolic OH excluding ortho intramolecular Hbond substituents is 2. The van der Waals surface area contributed by atoms with Crippen molar-refractivity contribution in [2.45, 2.75) is 37.6 Å². The highest BCUT2D eigenvalue weighted by Crippen LogP contribution is 2.43. The minimum absolute atomic E-state index is 0. The van der Waals surface area contributed by atoms with Gasteiger partial charge in [0.25, 0.3) is 0 Å². The van der Waals surface area contributed by atoms with Crippen molar-refractivity contribution in [3.05, 3.63) is 23.3 Å². The lowest BCUT2D eigenvalue weighted by Gasteiger charge is -2.38. The lowest BCUT2D eigenvalue weighted by molar-refractivity contribution is 0.312. The van der Waals surface area contributed by atoms with Gasteiger partial charge in [-0.15, -0.1) is 17.0 Å². The van der Waals surface area contributed by atoms with Crippen molar-refractivity contribution in [3.63, 3.8) is 0 Å². The number of nitrogens with one attached hydrogen (secondary N) is 1. The van der Waals surface area contributed by atoms with Crippen LogP contribution in [0, 0.1) is 0 Å². The van der Waals surface area contributed by atoms with E-state index in [1.54, 1.807) is 6.07 Å². The molecule has 3 N–H and O–H groups in total. The fraction of sp³-hybridized carbons (Fsp3) is 0.538. The molecule has 1 fully saturated rings. The van der Waals surface area contributed by atoms with Crippen LogP contribution in [0.3, 0.4) is 0 Å². The third-order valence-electron chi connectivity index (χ3n) is 3.99. The van der Waals surface area contributed by atoms with Gasteiger partial charge in [0.2, 0.25) is 0 Å². The number of rotatable bonds is 0. The molecule has 1 aromatic carbocycles. The van der Waals surface area contributed by atoms with Crippen LogP contribution in [0.1, 0.15) is 36.3 Å². The van der Waals surface area contributed by atoms with Gasteiger partial charge in [-0.25, -0.2) is 0 Å². The topological polar surface area (TPSA) is 52.5 Å². The van der Waals surface area contributed by atoms with Crippen LogP contribution in [0.2, 0.25) is 0 Å². The van der Waals surface area contributed by atoms with E-state index in [1.807, 2.05) is 6.07 Å². The summed E-state index contributed by atoms with van der Waals surface area (Å²) in [6.07, 6.45) is 4.32. The number of piperidine rings is 1. The molecule has 2 atom stereocenters. The molecule has 2 unspecified atom stereocenters. The normalized spacial score (nSPS) is 26.6. The van der Waals surface area contributed by atoms with Gasteiger partial charge in [0, 0.05) is 11.6 Å². The zero-order valence-electron chi connectivity index (χ0n) is 9.65. The first-order chi connectivity index (χ1) is 7.77. The molecule has 1 aliphatic carbocycles. The van der Waals surface area contributed by atoms with Crippen molar-refractivity contribution >= 4 is 17.0 Å². The second-order valence-corrected chi connectivity index (χ2v) is 4.85. The standard InChI is InChI=1S/C13H17NO2.BrH/c15-12-6-4-8-9-2-1-7-14-11(9)5-3-10(8)13(12)16;/h4,6,9,11,14-16H,1-3,5,7H2;1H. The van der Waals surface area contributed by atoms with Gasteiger partial charge in [0.15, 0.2) is 11.5 Å². The second kappa shape index (κ2) is 4.86. The molecule has 0 bridgehead atoms. The zero-order chi connectivity index (χ0) is 11.1. The summed E-state index contributed by atoms with van der Waals surface area (Å²) in [6.45, 7) is 1.11. The molecule has 0 amide bonds. The molecular weight excluding hydrogens is 282 g/mol. The van der Waals surface area contributed by atoms with Crippen LogP contribution in [0.5, 0.6) is 11.5 Å². The van der Waals surface area contributed by atoms with Crippen LogP contribution in [0.15, 0.2) is 12.1 Å². The highest BCUT2D eigenvalue weighted by Gasteiger charge is 2.32. The minimum Gasteiger partial charge on any atom is -0.504 e. The SMILES string of the molecule is Br.Oc1ccc2c(c1O)CCC1NCCCC21. The average molecular weight is 300 g/mol. The molecule has 3 nitrogen and oxygen atoms in total. The Bertz CT molecular complexity index is 422. The number of aromatic hydroxyl groups is 2. The Morgan fingerprint density at radius 1 is 1.18 bits per heavy atom. The highest BCUT2D eigenvalue weighted by atomic mass is 79.9. The molecule has 1 aromatic rings. The first-order valence-electron chi connectivity index (χ1n) is 6.04. The van der Waals surface area contributed by atoms with Crippen molar-refractivity contribution < 1.29 is 10.2 Å². The van der Waals surface area contributed by atoms with E-state index in [0.717, 1.165) is 24.9 Å². The van der Waals surface area contributed by atoms with E-state index in [-0.39, 0.29) is 28.5 Å². The predicted octanol–water partition coefficient (Wildman–Crippen LogP) is 2.46. The molecule has 0 saturated carbocycles. The number of hydrogen-bond donors (Lipinski definition) is 3. The van der Waals surface area contributed by atoms with E-state index in [0.29, 0.717) is 12.0 Å². The summed E-state index contributed by atoms with van der Waals surface area (Å²) in [5.74, 6) is 0.631. The number of phenols is 2. The van der Waals surface area contributed by atoms with Crippen LogP contribution in [-0.2, 0) is 6.42 Å². The van der Waals surface area contributed by atoms with Crippen LogP contribution in [0.4, 0.5) is 0 Å². The van der Waals surface area contributed by atoms with Gasteiger partial charge in [0.1, 0.15) is 0 Å². The van der Waals surface area contributed by atoms with E-state index in [1.165, 1.54) is 18.4 Å². The number of hydrogen-bond acceptors (Lipinski definition) is 3. The summed E-state index contributed by atoms with van der Waals surface area (Å²) in [7, 11) is 0. The zero-order valence-corrected chi connectivity index (χ0v) is 11.4. The molecule has 0 spiro atoms. The summed E-state index contributed by atoms with van der Waals surface area (Å²) in [5.41, 5.74) is 2.20. The van der Waals surface area contributed by atoms with Crippen molar-refractivity contribution in [2.75, 3.05) is 6.54 Å². The number of fused-ring (bicyclic) bond motifs is 3. The summed E-state index contributed by atoms with van der Waals surface area (Å²) < 4.78 is 0. The summed E-state index contributed by atoms with van der Waals surface area (Å²) in [4.78, 5) is 0. The molecule has 94 valence electrons. The lowest BCUT2D eigenvalue weighted by atomic mass is 9.75. The van der Waals surface area contributed by atoms with Crippen LogP contribution in [0.25, 0.3) is 0 Å². The fourth-order valence-corrected chi connectivity index (χ4v) is 3.18. The maximum absolute atomic E-state index is 9.86. The average Bonchev–Trinajstić information content (AvgIpc) is 2.33. The second-order valence-electron chi connectivity index (χ2n) is 4.85. The van der Waals surface area contributed by atoms with E-state index in [9.17, 15) is 10.2 Å². The summed E-state index contributed by atoms with van der Waals surface area (Å²) >= 11 is 0. The Kier molecular flexibility index (Phi) is 3.64. The van der Waals surface area contributed by atoms with Gasteiger partial charge >= 0.3 is 0 Å². The molecule has 4 heteroatoms. The van der Waals surface area contributed by atoms with Crippen molar-refractivity contribution in [1.29, 1.82) is 0 Å². The minimum atomic E-state index is 0. The Labute approximate surface area is 112 Å². The Morgan fingerprint density at radius 3 is 2.82 bits per heavy atom. The number of halogens is 1. The quantitative estimate of drug-likeness (QED) is 0.645. The Balaban J connectivity index is 0.00000108. The molecule has 2 aliphatic rings. The first kappa shape index (κ1) is 12.7. The highest BCUT2D eigenvalue weighted by molar-refractivity contribution is 8.93.